The summed E-state index contributed by atoms with van der Waals surface area (Å²) in [4.78, 5) is 10.7. The van der Waals surface area contributed by atoms with Gasteiger partial charge in [-0.1, -0.05) is 13.3 Å². The molecule has 1 atom stereocenters. The van der Waals surface area contributed by atoms with Crippen molar-refractivity contribution in [2.24, 2.45) is 0 Å². The third-order valence-electron chi connectivity index (χ3n) is 1.88. The third-order valence-corrected chi connectivity index (χ3v) is 1.88. The van der Waals surface area contributed by atoms with Crippen molar-refractivity contribution < 1.29 is 9.53 Å². The highest BCUT2D eigenvalue weighted by molar-refractivity contribution is 5.87. The van der Waals surface area contributed by atoms with Crippen LogP contribution < -0.4 is 0 Å². The van der Waals surface area contributed by atoms with Gasteiger partial charge in [-0.25, -0.2) is 0 Å². The minimum absolute atomic E-state index is 0.0642. The van der Waals surface area contributed by atoms with E-state index in [0.29, 0.717) is 0 Å². The Balaban J connectivity index is 4.22. The molecule has 0 amide bonds. The second-order valence-corrected chi connectivity index (χ2v) is 3.21. The summed E-state index contributed by atoms with van der Waals surface area (Å²) >= 11 is 0. The topological polar surface area (TPSA) is 26.3 Å². The zero-order chi connectivity index (χ0) is 9.61. The van der Waals surface area contributed by atoms with E-state index in [1.54, 1.807) is 20.1 Å². The molecule has 0 aromatic heterocycles. The molecule has 12 heavy (non-hydrogen) atoms. The maximum absolute atomic E-state index is 10.7. The average Bonchev–Trinajstić information content (AvgIpc) is 2.02. The SMILES string of the molecule is CCCC(C)(C=CC(C)=O)OC. The summed E-state index contributed by atoms with van der Waals surface area (Å²) in [5.74, 6) is 0.0642. The first-order valence-electron chi connectivity index (χ1n) is 4.29. The van der Waals surface area contributed by atoms with Gasteiger partial charge in [0.1, 0.15) is 0 Å². The first kappa shape index (κ1) is 11.4. The highest BCUT2D eigenvalue weighted by atomic mass is 16.5. The van der Waals surface area contributed by atoms with Gasteiger partial charge in [-0.05, 0) is 32.4 Å². The second kappa shape index (κ2) is 5.09. The van der Waals surface area contributed by atoms with E-state index in [0.717, 1.165) is 12.8 Å². The van der Waals surface area contributed by atoms with Crippen molar-refractivity contribution >= 4 is 5.78 Å². The van der Waals surface area contributed by atoms with E-state index >= 15 is 0 Å². The van der Waals surface area contributed by atoms with Gasteiger partial charge in [-0.2, -0.15) is 0 Å². The van der Waals surface area contributed by atoms with Gasteiger partial charge >= 0.3 is 0 Å². The van der Waals surface area contributed by atoms with Crippen LogP contribution in [-0.4, -0.2) is 18.5 Å². The smallest absolute Gasteiger partial charge is 0.152 e. The molecule has 0 rings (SSSR count). The standard InChI is InChI=1S/C10H18O2/c1-5-7-10(3,12-4)8-6-9(2)11/h6,8H,5,7H2,1-4H3. The van der Waals surface area contributed by atoms with E-state index in [4.69, 9.17) is 4.74 Å². The molecule has 0 spiro atoms. The number of allylic oxidation sites excluding steroid dienone is 1. The van der Waals surface area contributed by atoms with Crippen LogP contribution in [0.4, 0.5) is 0 Å². The van der Waals surface area contributed by atoms with Gasteiger partial charge < -0.3 is 4.74 Å². The van der Waals surface area contributed by atoms with Crippen molar-refractivity contribution in [1.29, 1.82) is 0 Å². The van der Waals surface area contributed by atoms with Crippen LogP contribution in [0.5, 0.6) is 0 Å². The minimum Gasteiger partial charge on any atom is -0.374 e. The highest BCUT2D eigenvalue weighted by Gasteiger charge is 2.17. The molecule has 0 aliphatic rings. The van der Waals surface area contributed by atoms with E-state index in [1.165, 1.54) is 0 Å². The van der Waals surface area contributed by atoms with Gasteiger partial charge in [0.05, 0.1) is 5.60 Å². The van der Waals surface area contributed by atoms with Crippen LogP contribution in [-0.2, 0) is 9.53 Å². The van der Waals surface area contributed by atoms with Crippen molar-refractivity contribution in [2.75, 3.05) is 7.11 Å². The molecule has 0 aromatic rings. The Labute approximate surface area is 74.6 Å². The van der Waals surface area contributed by atoms with Gasteiger partial charge in [0, 0.05) is 7.11 Å². The molecule has 0 aliphatic heterocycles. The molecular weight excluding hydrogens is 152 g/mol. The number of carbonyl (C=O) groups is 1. The van der Waals surface area contributed by atoms with E-state index in [2.05, 4.69) is 6.92 Å². The summed E-state index contributed by atoms with van der Waals surface area (Å²) in [7, 11) is 1.67. The minimum atomic E-state index is -0.277. The summed E-state index contributed by atoms with van der Waals surface area (Å²) in [6, 6.07) is 0. The van der Waals surface area contributed by atoms with E-state index < -0.39 is 0 Å². The molecule has 2 heteroatoms. The number of ketones is 1. The molecule has 0 saturated heterocycles. The fourth-order valence-corrected chi connectivity index (χ4v) is 1.04. The summed E-state index contributed by atoms with van der Waals surface area (Å²) in [6.07, 6.45) is 5.39. The van der Waals surface area contributed by atoms with Crippen LogP contribution >= 0.6 is 0 Å². The lowest BCUT2D eigenvalue weighted by Gasteiger charge is -2.23. The lowest BCUT2D eigenvalue weighted by Crippen LogP contribution is -2.24. The first-order valence-corrected chi connectivity index (χ1v) is 4.29. The third kappa shape index (κ3) is 4.29. The van der Waals surface area contributed by atoms with Crippen molar-refractivity contribution in [2.45, 2.75) is 39.2 Å². The molecule has 0 bridgehead atoms. The van der Waals surface area contributed by atoms with E-state index in [1.807, 2.05) is 13.0 Å². The molecule has 0 N–H and O–H groups in total. The number of rotatable bonds is 5. The fourth-order valence-electron chi connectivity index (χ4n) is 1.04. The quantitative estimate of drug-likeness (QED) is 0.592. The molecule has 0 aromatic carbocycles. The predicted octanol–water partition coefficient (Wildman–Crippen LogP) is 2.34. The molecule has 1 unspecified atom stereocenters. The lowest BCUT2D eigenvalue weighted by molar-refractivity contribution is -0.112. The second-order valence-electron chi connectivity index (χ2n) is 3.21. The fraction of sp³-hybridized carbons (Fsp3) is 0.700. The molecule has 0 heterocycles. The number of carbonyl (C=O) groups excluding carboxylic acids is 1. The Kier molecular flexibility index (Phi) is 4.83. The Bertz CT molecular complexity index is 173. The van der Waals surface area contributed by atoms with Crippen molar-refractivity contribution in [3.63, 3.8) is 0 Å². The van der Waals surface area contributed by atoms with Crippen LogP contribution in [0.3, 0.4) is 0 Å². The normalized spacial score (nSPS) is 16.3. The number of ether oxygens (including phenoxy) is 1. The average molecular weight is 170 g/mol. The lowest BCUT2D eigenvalue weighted by atomic mass is 9.99. The van der Waals surface area contributed by atoms with Gasteiger partial charge in [0.2, 0.25) is 0 Å². The van der Waals surface area contributed by atoms with E-state index in [9.17, 15) is 4.79 Å². The highest BCUT2D eigenvalue weighted by Crippen LogP contribution is 2.17. The monoisotopic (exact) mass is 170 g/mol. The van der Waals surface area contributed by atoms with Crippen molar-refractivity contribution in [1.82, 2.24) is 0 Å². The maximum Gasteiger partial charge on any atom is 0.152 e. The van der Waals surface area contributed by atoms with Crippen molar-refractivity contribution in [3.05, 3.63) is 12.2 Å². The molecule has 0 saturated carbocycles. The Morgan fingerprint density at radius 3 is 2.50 bits per heavy atom. The Morgan fingerprint density at radius 2 is 2.17 bits per heavy atom. The first-order chi connectivity index (χ1) is 5.54. The molecule has 0 radical (unpaired) electrons. The maximum atomic E-state index is 10.7. The largest absolute Gasteiger partial charge is 0.374 e. The zero-order valence-corrected chi connectivity index (χ0v) is 8.39. The van der Waals surface area contributed by atoms with Crippen molar-refractivity contribution in [3.8, 4) is 0 Å². The number of hydrogen-bond donors (Lipinski definition) is 0. The van der Waals surface area contributed by atoms with E-state index in [-0.39, 0.29) is 11.4 Å². The van der Waals surface area contributed by atoms with Crippen LogP contribution in [0.1, 0.15) is 33.6 Å². The summed E-state index contributed by atoms with van der Waals surface area (Å²) in [5, 5.41) is 0. The van der Waals surface area contributed by atoms with Crippen LogP contribution in [0.2, 0.25) is 0 Å². The van der Waals surface area contributed by atoms with Gasteiger partial charge in [0.15, 0.2) is 5.78 Å². The predicted molar refractivity (Wildman–Crippen MR) is 50.1 cm³/mol. The Morgan fingerprint density at radius 1 is 1.58 bits per heavy atom. The molecule has 0 aliphatic carbocycles. The number of methoxy groups -OCH3 is 1. The zero-order valence-electron chi connectivity index (χ0n) is 8.39. The summed E-state index contributed by atoms with van der Waals surface area (Å²) in [6.45, 7) is 5.62. The van der Waals surface area contributed by atoms with Gasteiger partial charge in [0.25, 0.3) is 0 Å². The summed E-state index contributed by atoms with van der Waals surface area (Å²) in [5.41, 5.74) is -0.277. The molecule has 0 fully saturated rings. The van der Waals surface area contributed by atoms with Crippen LogP contribution in [0.25, 0.3) is 0 Å². The summed E-state index contributed by atoms with van der Waals surface area (Å²) < 4.78 is 5.29. The molecule has 70 valence electrons. The van der Waals surface area contributed by atoms with Crippen LogP contribution in [0.15, 0.2) is 12.2 Å². The Hall–Kier alpha value is -0.630. The van der Waals surface area contributed by atoms with Gasteiger partial charge in [-0.15, -0.1) is 0 Å². The molecular formula is C10H18O2. The number of hydrogen-bond acceptors (Lipinski definition) is 2. The van der Waals surface area contributed by atoms with Crippen LogP contribution in [0, 0.1) is 0 Å². The van der Waals surface area contributed by atoms with Gasteiger partial charge in [-0.3, -0.25) is 4.79 Å². The molecule has 2 nitrogen and oxygen atoms in total.